The van der Waals surface area contributed by atoms with Gasteiger partial charge in [-0.2, -0.15) is 0 Å². The summed E-state index contributed by atoms with van der Waals surface area (Å²) in [6.45, 7) is 4.16. The number of quaternary nitrogens is 1. The Labute approximate surface area is 141 Å². The van der Waals surface area contributed by atoms with Crippen LogP contribution in [0.2, 0.25) is 0 Å². The Balaban J connectivity index is 2.17. The summed E-state index contributed by atoms with van der Waals surface area (Å²) in [6, 6.07) is -0.411. The summed E-state index contributed by atoms with van der Waals surface area (Å²) in [7, 11) is 1.94. The third-order valence-corrected chi connectivity index (χ3v) is 5.10. The number of rotatable bonds is 13. The molecule has 0 aromatic rings. The van der Waals surface area contributed by atoms with Gasteiger partial charge in [-0.1, -0.05) is 64.7 Å². The molecule has 0 amide bonds. The van der Waals surface area contributed by atoms with Crippen molar-refractivity contribution >= 4 is 11.8 Å². The van der Waals surface area contributed by atoms with E-state index in [-0.39, 0.29) is 0 Å². The molecule has 4 heteroatoms. The first kappa shape index (κ1) is 19.9. The van der Waals surface area contributed by atoms with Crippen LogP contribution in [0.15, 0.2) is 17.4 Å². The van der Waals surface area contributed by atoms with Gasteiger partial charge in [0.25, 0.3) is 0 Å². The van der Waals surface area contributed by atoms with Crippen molar-refractivity contribution in [3.8, 4) is 0 Å². The van der Waals surface area contributed by atoms with E-state index in [0.717, 1.165) is 25.1 Å². The fraction of sp³-hybridized carbons (Fsp3) is 0.789. The fourth-order valence-electron chi connectivity index (χ4n) is 3.29. The molecule has 0 saturated carbocycles. The highest BCUT2D eigenvalue weighted by molar-refractivity contribution is 5.80. The van der Waals surface area contributed by atoms with Crippen LogP contribution in [-0.2, 0) is 4.79 Å². The van der Waals surface area contributed by atoms with Gasteiger partial charge >= 0.3 is 5.97 Å². The minimum absolute atomic E-state index is 0.326. The summed E-state index contributed by atoms with van der Waals surface area (Å²) in [5.41, 5.74) is 0. The second kappa shape index (κ2) is 10.6. The van der Waals surface area contributed by atoms with Crippen molar-refractivity contribution in [1.82, 2.24) is 0 Å². The van der Waals surface area contributed by atoms with Crippen LogP contribution in [0.5, 0.6) is 0 Å². The average molecular weight is 324 g/mol. The number of nitrogens with zero attached hydrogens (tertiary/aromatic N) is 2. The van der Waals surface area contributed by atoms with Crippen LogP contribution in [0, 0.1) is 0 Å². The highest BCUT2D eigenvalue weighted by Gasteiger charge is 2.41. The van der Waals surface area contributed by atoms with Gasteiger partial charge < -0.3 is 5.11 Å². The highest BCUT2D eigenvalue weighted by atomic mass is 16.4. The van der Waals surface area contributed by atoms with Crippen LogP contribution >= 0.6 is 0 Å². The molecule has 1 aliphatic heterocycles. The van der Waals surface area contributed by atoms with E-state index in [1.165, 1.54) is 51.4 Å². The van der Waals surface area contributed by atoms with Crippen LogP contribution < -0.4 is 0 Å². The molecule has 0 fully saturated rings. The average Bonchev–Trinajstić information content (AvgIpc) is 2.84. The number of carboxylic acids is 1. The summed E-state index contributed by atoms with van der Waals surface area (Å²) in [4.78, 5) is 15.9. The van der Waals surface area contributed by atoms with E-state index in [1.807, 2.05) is 20.2 Å². The lowest BCUT2D eigenvalue weighted by Gasteiger charge is -2.32. The zero-order valence-corrected chi connectivity index (χ0v) is 15.3. The molecule has 0 bridgehead atoms. The van der Waals surface area contributed by atoms with E-state index in [0.29, 0.717) is 4.48 Å². The van der Waals surface area contributed by atoms with Crippen molar-refractivity contribution in [3.05, 3.63) is 12.4 Å². The molecule has 0 radical (unpaired) electrons. The maximum Gasteiger partial charge on any atom is 0.363 e. The van der Waals surface area contributed by atoms with Crippen LogP contribution in [0.4, 0.5) is 0 Å². The quantitative estimate of drug-likeness (QED) is 0.378. The molecule has 2 atom stereocenters. The van der Waals surface area contributed by atoms with Crippen molar-refractivity contribution in [2.24, 2.45) is 4.99 Å². The molecule has 0 aromatic heterocycles. The topological polar surface area (TPSA) is 49.7 Å². The number of hydrogen-bond acceptors (Lipinski definition) is 2. The molecule has 23 heavy (non-hydrogen) atoms. The van der Waals surface area contributed by atoms with Gasteiger partial charge in [0, 0.05) is 13.3 Å². The maximum atomic E-state index is 11.6. The fourth-order valence-corrected chi connectivity index (χ4v) is 3.29. The number of carboxylic acid groups (broad SMARTS) is 1. The zero-order chi connectivity index (χ0) is 17.1. The van der Waals surface area contributed by atoms with Gasteiger partial charge in [-0.3, -0.25) is 0 Å². The standard InChI is InChI=1S/C19H34N2O2/c1-4-5-6-7-8-9-10-11-12-13-14-18(19(22)23)21(3)16-15-20-17(21)2/h15-16,18H,4-14H2,1-3H3/p+1. The van der Waals surface area contributed by atoms with Crippen molar-refractivity contribution < 1.29 is 14.4 Å². The largest absolute Gasteiger partial charge is 0.477 e. The number of unbranched alkanes of at least 4 members (excludes halogenated alkanes) is 9. The molecule has 2 unspecified atom stereocenters. The molecule has 0 spiro atoms. The molecule has 1 rings (SSSR count). The predicted molar refractivity (Wildman–Crippen MR) is 96.3 cm³/mol. The van der Waals surface area contributed by atoms with Gasteiger partial charge in [0.05, 0.1) is 13.2 Å². The second-order valence-corrected chi connectivity index (χ2v) is 6.95. The lowest BCUT2D eigenvalue weighted by molar-refractivity contribution is -0.784. The Bertz CT molecular complexity index is 418. The van der Waals surface area contributed by atoms with Gasteiger partial charge in [-0.15, -0.1) is 0 Å². The monoisotopic (exact) mass is 323 g/mol. The number of amidine groups is 1. The van der Waals surface area contributed by atoms with Crippen molar-refractivity contribution in [3.63, 3.8) is 0 Å². The van der Waals surface area contributed by atoms with Gasteiger partial charge in [-0.05, 0) is 6.42 Å². The van der Waals surface area contributed by atoms with Gasteiger partial charge in [0.15, 0.2) is 6.04 Å². The summed E-state index contributed by atoms with van der Waals surface area (Å²) in [5.74, 6) is 0.147. The SMILES string of the molecule is CCCCCCCCCCCCC(C(=O)O)[N+]1(C)C=CN=C1C. The lowest BCUT2D eigenvalue weighted by Crippen LogP contribution is -2.53. The summed E-state index contributed by atoms with van der Waals surface area (Å²) >= 11 is 0. The first-order chi connectivity index (χ1) is 11.0. The number of aliphatic carboxylic acids is 1. The number of hydrogen-bond donors (Lipinski definition) is 1. The molecular formula is C19H35N2O2+. The highest BCUT2D eigenvalue weighted by Crippen LogP contribution is 2.23. The van der Waals surface area contributed by atoms with E-state index in [2.05, 4.69) is 11.9 Å². The smallest absolute Gasteiger partial charge is 0.363 e. The van der Waals surface area contributed by atoms with E-state index >= 15 is 0 Å². The Morgan fingerprint density at radius 3 is 2.04 bits per heavy atom. The van der Waals surface area contributed by atoms with Crippen LogP contribution in [0.3, 0.4) is 0 Å². The number of aliphatic imine (C=N–C) groups is 1. The minimum Gasteiger partial charge on any atom is -0.477 e. The number of likely N-dealkylation sites (N-methyl/N-ethyl adjacent to an activating group) is 1. The molecule has 0 aromatic carbocycles. The van der Waals surface area contributed by atoms with Gasteiger partial charge in [0.2, 0.25) is 5.84 Å². The predicted octanol–water partition coefficient (Wildman–Crippen LogP) is 5.10. The normalized spacial score (nSPS) is 21.4. The van der Waals surface area contributed by atoms with Crippen molar-refractivity contribution in [2.45, 2.75) is 90.5 Å². The number of carbonyl (C=O) groups is 1. The molecule has 1 heterocycles. The van der Waals surface area contributed by atoms with Crippen LogP contribution in [0.25, 0.3) is 0 Å². The van der Waals surface area contributed by atoms with E-state index in [1.54, 1.807) is 6.20 Å². The van der Waals surface area contributed by atoms with E-state index in [4.69, 9.17) is 0 Å². The van der Waals surface area contributed by atoms with Crippen molar-refractivity contribution in [1.29, 1.82) is 0 Å². The Morgan fingerprint density at radius 1 is 1.09 bits per heavy atom. The Hall–Kier alpha value is -1.16. The molecule has 4 nitrogen and oxygen atoms in total. The lowest BCUT2D eigenvalue weighted by atomic mass is 10.0. The first-order valence-corrected chi connectivity index (χ1v) is 9.33. The Kier molecular flexibility index (Phi) is 9.15. The third-order valence-electron chi connectivity index (χ3n) is 5.10. The molecule has 1 aliphatic rings. The van der Waals surface area contributed by atoms with E-state index in [9.17, 15) is 9.90 Å². The van der Waals surface area contributed by atoms with Crippen LogP contribution in [-0.4, -0.2) is 34.5 Å². The third kappa shape index (κ3) is 6.46. The molecule has 132 valence electrons. The van der Waals surface area contributed by atoms with Gasteiger partial charge in [0.1, 0.15) is 6.20 Å². The van der Waals surface area contributed by atoms with Crippen LogP contribution in [0.1, 0.15) is 84.5 Å². The Morgan fingerprint density at radius 2 is 1.61 bits per heavy atom. The summed E-state index contributed by atoms with van der Waals surface area (Å²) in [6.07, 6.45) is 17.1. The molecule has 0 saturated heterocycles. The summed E-state index contributed by atoms with van der Waals surface area (Å²) in [5, 5.41) is 9.56. The second-order valence-electron chi connectivity index (χ2n) is 6.95. The zero-order valence-electron chi connectivity index (χ0n) is 15.3. The minimum atomic E-state index is -0.718. The maximum absolute atomic E-state index is 11.6. The molecular weight excluding hydrogens is 288 g/mol. The van der Waals surface area contributed by atoms with E-state index < -0.39 is 12.0 Å². The first-order valence-electron chi connectivity index (χ1n) is 9.33. The molecule has 1 N–H and O–H groups in total. The van der Waals surface area contributed by atoms with Gasteiger partial charge in [-0.25, -0.2) is 14.3 Å². The molecule has 0 aliphatic carbocycles. The van der Waals surface area contributed by atoms with Crippen molar-refractivity contribution in [2.75, 3.05) is 7.05 Å². The summed E-state index contributed by atoms with van der Waals surface area (Å²) < 4.78 is 0.326.